The van der Waals surface area contributed by atoms with Gasteiger partial charge >= 0.3 is 5.97 Å². The van der Waals surface area contributed by atoms with Crippen molar-refractivity contribution >= 4 is 51.7 Å². The molecule has 0 atom stereocenters. The first-order chi connectivity index (χ1) is 12.8. The summed E-state index contributed by atoms with van der Waals surface area (Å²) in [5.41, 5.74) is -0.0676. The fourth-order valence-corrected chi connectivity index (χ4v) is 3.07. The molecule has 3 rings (SSSR count). The summed E-state index contributed by atoms with van der Waals surface area (Å²) in [7, 11) is 1.51. The standard InChI is InChI=1S/C19H14Cl2N2O4/c1-10(24)27-17-15-13(21)4-3-5-14(15)23(2)19(26)16(17)18(25)22-12-8-6-11(20)7-9-12/h3-9H,1-2H3,(H,22,25). The van der Waals surface area contributed by atoms with Crippen LogP contribution in [0.5, 0.6) is 5.75 Å². The molecule has 0 aliphatic carbocycles. The summed E-state index contributed by atoms with van der Waals surface area (Å²) in [5, 5.41) is 3.66. The molecule has 8 heteroatoms. The maximum Gasteiger partial charge on any atom is 0.308 e. The van der Waals surface area contributed by atoms with Gasteiger partial charge in [0.05, 0.1) is 15.9 Å². The fourth-order valence-electron chi connectivity index (χ4n) is 2.69. The van der Waals surface area contributed by atoms with Crippen molar-refractivity contribution < 1.29 is 14.3 Å². The van der Waals surface area contributed by atoms with Crippen molar-refractivity contribution in [2.24, 2.45) is 7.05 Å². The van der Waals surface area contributed by atoms with E-state index in [2.05, 4.69) is 5.32 Å². The number of anilines is 1. The van der Waals surface area contributed by atoms with E-state index in [-0.39, 0.29) is 16.3 Å². The van der Waals surface area contributed by atoms with E-state index < -0.39 is 17.4 Å². The zero-order valence-electron chi connectivity index (χ0n) is 14.4. The molecule has 1 aromatic heterocycles. The Kier molecular flexibility index (Phi) is 5.21. The van der Waals surface area contributed by atoms with Gasteiger partial charge in [-0.1, -0.05) is 29.3 Å². The molecular formula is C19H14Cl2N2O4. The molecule has 0 fully saturated rings. The van der Waals surface area contributed by atoms with Crippen LogP contribution in [0.15, 0.2) is 47.3 Å². The van der Waals surface area contributed by atoms with Crippen LogP contribution in [0, 0.1) is 0 Å². The number of fused-ring (bicyclic) bond motifs is 1. The number of aromatic nitrogens is 1. The first-order valence-electron chi connectivity index (χ1n) is 7.86. The summed E-state index contributed by atoms with van der Waals surface area (Å²) in [5.74, 6) is -1.57. The molecule has 0 aliphatic heterocycles. The molecule has 2 aromatic carbocycles. The van der Waals surface area contributed by atoms with Crippen LogP contribution in [-0.4, -0.2) is 16.4 Å². The lowest BCUT2D eigenvalue weighted by molar-refractivity contribution is -0.131. The summed E-state index contributed by atoms with van der Waals surface area (Å²) in [6, 6.07) is 11.3. The lowest BCUT2D eigenvalue weighted by atomic mass is 10.1. The fraction of sp³-hybridized carbons (Fsp3) is 0.105. The number of pyridine rings is 1. The molecule has 0 bridgehead atoms. The summed E-state index contributed by atoms with van der Waals surface area (Å²) in [4.78, 5) is 37.3. The smallest absolute Gasteiger partial charge is 0.308 e. The predicted molar refractivity (Wildman–Crippen MR) is 105 cm³/mol. The van der Waals surface area contributed by atoms with Gasteiger partial charge < -0.3 is 14.6 Å². The number of amides is 1. The normalized spacial score (nSPS) is 10.7. The molecule has 1 heterocycles. The maximum absolute atomic E-state index is 12.8. The molecule has 1 N–H and O–H groups in total. The Hall–Kier alpha value is -2.83. The van der Waals surface area contributed by atoms with Gasteiger partial charge in [-0.3, -0.25) is 14.4 Å². The number of benzene rings is 2. The van der Waals surface area contributed by atoms with E-state index in [1.807, 2.05) is 0 Å². The Morgan fingerprint density at radius 3 is 2.37 bits per heavy atom. The van der Waals surface area contributed by atoms with Gasteiger partial charge in [0, 0.05) is 24.7 Å². The molecule has 0 saturated carbocycles. The lowest BCUT2D eigenvalue weighted by Crippen LogP contribution is -2.29. The number of carbonyl (C=O) groups is 2. The van der Waals surface area contributed by atoms with Gasteiger partial charge in [-0.05, 0) is 36.4 Å². The minimum Gasteiger partial charge on any atom is -0.425 e. The van der Waals surface area contributed by atoms with Gasteiger partial charge in [0.15, 0.2) is 5.75 Å². The number of nitrogens with zero attached hydrogens (tertiary/aromatic N) is 1. The molecule has 0 aliphatic rings. The van der Waals surface area contributed by atoms with E-state index in [4.69, 9.17) is 27.9 Å². The highest BCUT2D eigenvalue weighted by molar-refractivity contribution is 6.36. The van der Waals surface area contributed by atoms with E-state index in [0.29, 0.717) is 21.6 Å². The zero-order valence-corrected chi connectivity index (χ0v) is 15.9. The molecular weight excluding hydrogens is 391 g/mol. The van der Waals surface area contributed by atoms with Crippen molar-refractivity contribution in [1.29, 1.82) is 0 Å². The number of halogens is 2. The SMILES string of the molecule is CC(=O)Oc1c(C(=O)Nc2ccc(Cl)cc2)c(=O)n(C)c2cccc(Cl)c12. The number of hydrogen-bond acceptors (Lipinski definition) is 4. The van der Waals surface area contributed by atoms with Gasteiger partial charge in [0.25, 0.3) is 11.5 Å². The molecule has 3 aromatic rings. The van der Waals surface area contributed by atoms with E-state index >= 15 is 0 Å². The minimum absolute atomic E-state index is 0.169. The third-order valence-corrected chi connectivity index (χ3v) is 4.47. The zero-order chi connectivity index (χ0) is 19.7. The van der Waals surface area contributed by atoms with Crippen molar-refractivity contribution in [3.8, 4) is 5.75 Å². The van der Waals surface area contributed by atoms with E-state index in [9.17, 15) is 14.4 Å². The number of rotatable bonds is 3. The molecule has 0 unspecified atom stereocenters. The van der Waals surface area contributed by atoms with Gasteiger partial charge in [0.1, 0.15) is 5.56 Å². The number of aryl methyl sites for hydroxylation is 1. The highest BCUT2D eigenvalue weighted by Gasteiger charge is 2.25. The van der Waals surface area contributed by atoms with Crippen molar-refractivity contribution in [1.82, 2.24) is 4.57 Å². The van der Waals surface area contributed by atoms with E-state index in [0.717, 1.165) is 0 Å². The van der Waals surface area contributed by atoms with E-state index in [1.54, 1.807) is 42.5 Å². The summed E-state index contributed by atoms with van der Waals surface area (Å²) < 4.78 is 6.52. The monoisotopic (exact) mass is 404 g/mol. The van der Waals surface area contributed by atoms with Gasteiger partial charge in [0.2, 0.25) is 0 Å². The molecule has 0 radical (unpaired) electrons. The largest absolute Gasteiger partial charge is 0.425 e. The van der Waals surface area contributed by atoms with Crippen LogP contribution < -0.4 is 15.6 Å². The van der Waals surface area contributed by atoms with Crippen LogP contribution >= 0.6 is 23.2 Å². The maximum atomic E-state index is 12.8. The minimum atomic E-state index is -0.726. The van der Waals surface area contributed by atoms with Crippen LogP contribution in [0.2, 0.25) is 10.0 Å². The number of hydrogen-bond donors (Lipinski definition) is 1. The van der Waals surface area contributed by atoms with Crippen molar-refractivity contribution in [2.45, 2.75) is 6.92 Å². The number of ether oxygens (including phenoxy) is 1. The van der Waals surface area contributed by atoms with Gasteiger partial charge in [-0.25, -0.2) is 0 Å². The van der Waals surface area contributed by atoms with Gasteiger partial charge in [-0.15, -0.1) is 0 Å². The third-order valence-electron chi connectivity index (χ3n) is 3.90. The summed E-state index contributed by atoms with van der Waals surface area (Å²) in [6.45, 7) is 1.18. The summed E-state index contributed by atoms with van der Waals surface area (Å²) >= 11 is 12.1. The molecule has 0 saturated heterocycles. The Balaban J connectivity index is 2.24. The third kappa shape index (κ3) is 3.67. The first-order valence-corrected chi connectivity index (χ1v) is 8.61. The topological polar surface area (TPSA) is 77.4 Å². The van der Waals surface area contributed by atoms with Crippen LogP contribution in [0.4, 0.5) is 5.69 Å². The average molecular weight is 405 g/mol. The van der Waals surface area contributed by atoms with Crippen LogP contribution in [-0.2, 0) is 11.8 Å². The number of nitrogens with one attached hydrogen (secondary N) is 1. The Morgan fingerprint density at radius 1 is 1.07 bits per heavy atom. The lowest BCUT2D eigenvalue weighted by Gasteiger charge is -2.15. The number of carbonyl (C=O) groups excluding carboxylic acids is 2. The second-order valence-electron chi connectivity index (χ2n) is 5.76. The Morgan fingerprint density at radius 2 is 1.74 bits per heavy atom. The van der Waals surface area contributed by atoms with Crippen molar-refractivity contribution in [3.63, 3.8) is 0 Å². The van der Waals surface area contributed by atoms with Crippen molar-refractivity contribution in [3.05, 3.63) is 68.4 Å². The quantitative estimate of drug-likeness (QED) is 0.668. The van der Waals surface area contributed by atoms with Crippen LogP contribution in [0.25, 0.3) is 10.9 Å². The van der Waals surface area contributed by atoms with Crippen molar-refractivity contribution in [2.75, 3.05) is 5.32 Å². The molecule has 6 nitrogen and oxygen atoms in total. The molecule has 0 spiro atoms. The molecule has 27 heavy (non-hydrogen) atoms. The van der Waals surface area contributed by atoms with Crippen LogP contribution in [0.1, 0.15) is 17.3 Å². The second-order valence-corrected chi connectivity index (χ2v) is 6.60. The predicted octanol–water partition coefficient (Wildman–Crippen LogP) is 4.02. The second kappa shape index (κ2) is 7.42. The van der Waals surface area contributed by atoms with Crippen LogP contribution in [0.3, 0.4) is 0 Å². The molecule has 1 amide bonds. The Bertz CT molecular complexity index is 1120. The van der Waals surface area contributed by atoms with E-state index in [1.165, 1.54) is 18.5 Å². The summed E-state index contributed by atoms with van der Waals surface area (Å²) in [6.07, 6.45) is 0. The van der Waals surface area contributed by atoms with Gasteiger partial charge in [-0.2, -0.15) is 0 Å². The average Bonchev–Trinajstić information content (AvgIpc) is 2.61. The Labute approximate surface area is 164 Å². The highest BCUT2D eigenvalue weighted by Crippen LogP contribution is 2.34. The first kappa shape index (κ1) is 18.9. The molecule has 138 valence electrons. The highest BCUT2D eigenvalue weighted by atomic mass is 35.5. The number of esters is 1.